The Hall–Kier alpha value is -1.34. The van der Waals surface area contributed by atoms with Crippen molar-refractivity contribution < 1.29 is 17.6 Å². The quantitative estimate of drug-likeness (QED) is 0.717. The summed E-state index contributed by atoms with van der Waals surface area (Å²) in [5.74, 6) is -0.892. The van der Waals surface area contributed by atoms with Crippen LogP contribution >= 0.6 is 27.5 Å². The van der Waals surface area contributed by atoms with Crippen molar-refractivity contribution in [3.8, 4) is 0 Å². The third kappa shape index (κ3) is 3.61. The van der Waals surface area contributed by atoms with Crippen molar-refractivity contribution in [1.29, 1.82) is 0 Å². The molecule has 0 aliphatic heterocycles. The van der Waals surface area contributed by atoms with Gasteiger partial charge in [0.05, 0.1) is 5.56 Å². The first kappa shape index (κ1) is 15.1. The molecule has 2 nitrogen and oxygen atoms in total. The Labute approximate surface area is 124 Å². The van der Waals surface area contributed by atoms with Gasteiger partial charge in [0.1, 0.15) is 0 Å². The first-order chi connectivity index (χ1) is 9.25. The Balaban J connectivity index is 2.36. The molecule has 0 amide bonds. The summed E-state index contributed by atoms with van der Waals surface area (Å²) in [6.45, 7) is 0. The highest BCUT2D eigenvalue weighted by molar-refractivity contribution is 9.10. The van der Waals surface area contributed by atoms with Gasteiger partial charge in [-0.2, -0.15) is 13.2 Å². The summed E-state index contributed by atoms with van der Waals surface area (Å²) in [6, 6.07) is 4.01. The van der Waals surface area contributed by atoms with Crippen LogP contribution in [0.5, 0.6) is 0 Å². The fourth-order valence-electron chi connectivity index (χ4n) is 1.47. The topological polar surface area (TPSA) is 24.9 Å². The second-order valence-electron chi connectivity index (χ2n) is 3.84. The van der Waals surface area contributed by atoms with Crippen LogP contribution in [0.15, 0.2) is 34.9 Å². The predicted molar refractivity (Wildman–Crippen MR) is 71.6 cm³/mol. The fraction of sp³-hybridized carbons (Fsp3) is 0.0833. The maximum Gasteiger partial charge on any atom is 0.416 e. The number of hydrogen-bond acceptors (Lipinski definition) is 2. The number of aromatic nitrogens is 1. The fourth-order valence-corrected chi connectivity index (χ4v) is 2.01. The first-order valence-corrected chi connectivity index (χ1v) is 6.38. The molecule has 20 heavy (non-hydrogen) atoms. The van der Waals surface area contributed by atoms with Gasteiger partial charge in [0.15, 0.2) is 11.6 Å². The van der Waals surface area contributed by atoms with Crippen molar-refractivity contribution in [3.05, 3.63) is 51.3 Å². The van der Waals surface area contributed by atoms with Crippen molar-refractivity contribution in [2.24, 2.45) is 0 Å². The van der Waals surface area contributed by atoms with E-state index >= 15 is 0 Å². The molecule has 0 saturated heterocycles. The SMILES string of the molecule is Fc1cc(Br)cnc1Nc1cc(Cl)cc(C(F)(F)F)c1. The van der Waals surface area contributed by atoms with Gasteiger partial charge < -0.3 is 5.32 Å². The van der Waals surface area contributed by atoms with Crippen LogP contribution in [0.2, 0.25) is 5.02 Å². The van der Waals surface area contributed by atoms with Crippen molar-refractivity contribution in [3.63, 3.8) is 0 Å². The van der Waals surface area contributed by atoms with Crippen LogP contribution in [0.25, 0.3) is 0 Å². The van der Waals surface area contributed by atoms with E-state index in [1.54, 1.807) is 0 Å². The Kier molecular flexibility index (Phi) is 4.19. The normalized spacial score (nSPS) is 11.5. The predicted octanol–water partition coefficient (Wildman–Crippen LogP) is 5.40. The lowest BCUT2D eigenvalue weighted by atomic mass is 10.2. The van der Waals surface area contributed by atoms with Crippen LogP contribution in [-0.4, -0.2) is 4.98 Å². The molecular weight excluding hydrogens is 363 g/mol. The zero-order valence-corrected chi connectivity index (χ0v) is 11.9. The first-order valence-electron chi connectivity index (χ1n) is 5.21. The average Bonchev–Trinajstić information content (AvgIpc) is 2.31. The van der Waals surface area contributed by atoms with Gasteiger partial charge in [0, 0.05) is 21.4 Å². The number of pyridine rings is 1. The van der Waals surface area contributed by atoms with Crippen LogP contribution in [0.3, 0.4) is 0 Å². The van der Waals surface area contributed by atoms with Gasteiger partial charge >= 0.3 is 6.18 Å². The van der Waals surface area contributed by atoms with Gasteiger partial charge in [-0.25, -0.2) is 9.37 Å². The largest absolute Gasteiger partial charge is 0.416 e. The highest BCUT2D eigenvalue weighted by Gasteiger charge is 2.31. The Morgan fingerprint density at radius 3 is 2.45 bits per heavy atom. The van der Waals surface area contributed by atoms with Crippen molar-refractivity contribution in [2.45, 2.75) is 6.18 Å². The van der Waals surface area contributed by atoms with E-state index in [9.17, 15) is 17.6 Å². The molecule has 0 atom stereocenters. The molecule has 2 rings (SSSR count). The molecule has 0 unspecified atom stereocenters. The molecule has 106 valence electrons. The maximum absolute atomic E-state index is 13.6. The molecule has 1 aromatic carbocycles. The van der Waals surface area contributed by atoms with Crippen LogP contribution in [-0.2, 0) is 6.18 Å². The number of benzene rings is 1. The summed E-state index contributed by atoms with van der Waals surface area (Å²) >= 11 is 8.66. The van der Waals surface area contributed by atoms with Crippen LogP contribution in [0.4, 0.5) is 29.1 Å². The van der Waals surface area contributed by atoms with Gasteiger partial charge in [-0.15, -0.1) is 0 Å². The molecule has 2 aromatic rings. The summed E-state index contributed by atoms with van der Waals surface area (Å²) in [5, 5.41) is 2.35. The number of rotatable bonds is 2. The standard InChI is InChI=1S/C12H6BrClF4N2/c13-7-3-10(15)11(19-5-7)20-9-2-6(12(16,17)18)1-8(14)4-9/h1-5H,(H,19,20). The Bertz CT molecular complexity index is 646. The molecule has 8 heteroatoms. The third-order valence-electron chi connectivity index (χ3n) is 2.30. The number of hydrogen-bond donors (Lipinski definition) is 1. The minimum Gasteiger partial charge on any atom is -0.338 e. The highest BCUT2D eigenvalue weighted by Crippen LogP contribution is 2.34. The van der Waals surface area contributed by atoms with E-state index in [2.05, 4.69) is 26.2 Å². The van der Waals surface area contributed by atoms with E-state index in [0.29, 0.717) is 4.47 Å². The van der Waals surface area contributed by atoms with E-state index in [-0.39, 0.29) is 16.5 Å². The van der Waals surface area contributed by atoms with Gasteiger partial charge in [0.2, 0.25) is 0 Å². The third-order valence-corrected chi connectivity index (χ3v) is 2.95. The minimum atomic E-state index is -4.53. The van der Waals surface area contributed by atoms with E-state index < -0.39 is 17.6 Å². The summed E-state index contributed by atoms with van der Waals surface area (Å²) < 4.78 is 51.9. The second kappa shape index (κ2) is 5.57. The number of halogens is 6. The molecule has 0 bridgehead atoms. The molecule has 0 saturated carbocycles. The second-order valence-corrected chi connectivity index (χ2v) is 5.19. The van der Waals surface area contributed by atoms with Gasteiger partial charge in [-0.1, -0.05) is 11.6 Å². The monoisotopic (exact) mass is 368 g/mol. The lowest BCUT2D eigenvalue weighted by Gasteiger charge is -2.11. The molecule has 0 aliphatic rings. The summed E-state index contributed by atoms with van der Waals surface area (Å²) in [6.07, 6.45) is -3.21. The van der Waals surface area contributed by atoms with Crippen LogP contribution < -0.4 is 5.32 Å². The molecule has 0 fully saturated rings. The lowest BCUT2D eigenvalue weighted by molar-refractivity contribution is -0.137. The van der Waals surface area contributed by atoms with Gasteiger partial charge in [-0.3, -0.25) is 0 Å². The van der Waals surface area contributed by atoms with E-state index in [4.69, 9.17) is 11.6 Å². The molecule has 0 radical (unpaired) electrons. The molecular formula is C12H6BrClF4N2. The van der Waals surface area contributed by atoms with Crippen molar-refractivity contribution >= 4 is 39.0 Å². The van der Waals surface area contributed by atoms with Crippen molar-refractivity contribution in [2.75, 3.05) is 5.32 Å². The van der Waals surface area contributed by atoms with E-state index in [1.165, 1.54) is 12.3 Å². The maximum atomic E-state index is 13.6. The average molecular weight is 370 g/mol. The minimum absolute atomic E-state index is 0.00134. The Morgan fingerprint density at radius 1 is 1.15 bits per heavy atom. The molecule has 1 aromatic heterocycles. The van der Waals surface area contributed by atoms with E-state index in [1.807, 2.05) is 0 Å². The smallest absolute Gasteiger partial charge is 0.338 e. The highest BCUT2D eigenvalue weighted by atomic mass is 79.9. The number of alkyl halides is 3. The lowest BCUT2D eigenvalue weighted by Crippen LogP contribution is -2.06. The van der Waals surface area contributed by atoms with Gasteiger partial charge in [0.25, 0.3) is 0 Å². The number of anilines is 2. The van der Waals surface area contributed by atoms with Crippen molar-refractivity contribution in [1.82, 2.24) is 4.98 Å². The molecule has 1 heterocycles. The summed E-state index contributed by atoms with van der Waals surface area (Å²) in [7, 11) is 0. The summed E-state index contributed by atoms with van der Waals surface area (Å²) in [5.41, 5.74) is -0.927. The zero-order valence-electron chi connectivity index (χ0n) is 9.60. The van der Waals surface area contributed by atoms with Gasteiger partial charge in [-0.05, 0) is 40.2 Å². The molecule has 1 N–H and O–H groups in total. The number of nitrogens with one attached hydrogen (secondary N) is 1. The Morgan fingerprint density at radius 2 is 1.85 bits per heavy atom. The van der Waals surface area contributed by atoms with Crippen LogP contribution in [0, 0.1) is 5.82 Å². The molecule has 0 spiro atoms. The summed E-state index contributed by atoms with van der Waals surface area (Å²) in [4.78, 5) is 3.74. The van der Waals surface area contributed by atoms with E-state index in [0.717, 1.165) is 18.2 Å². The number of nitrogens with zero attached hydrogens (tertiary/aromatic N) is 1. The molecule has 0 aliphatic carbocycles. The van der Waals surface area contributed by atoms with Crippen LogP contribution in [0.1, 0.15) is 5.56 Å². The zero-order chi connectivity index (χ0) is 14.9.